The summed E-state index contributed by atoms with van der Waals surface area (Å²) in [4.78, 5) is 0. The van der Waals surface area contributed by atoms with Crippen LogP contribution in [0.15, 0.2) is 24.3 Å². The molecular formula is C11H15F2N. The molecule has 78 valence electrons. The lowest BCUT2D eigenvalue weighted by molar-refractivity contribution is -0.0129. The molecule has 1 aromatic carbocycles. The number of aryl methyl sites for hydroxylation is 1. The van der Waals surface area contributed by atoms with Gasteiger partial charge in [0.15, 0.2) is 0 Å². The molecule has 0 aliphatic heterocycles. The maximum Gasteiger partial charge on any atom is 0.274 e. The molecule has 1 N–H and O–H groups in total. The SMILES string of the molecule is CNCCC(F)(F)c1ccccc1C. The van der Waals surface area contributed by atoms with Gasteiger partial charge in [0.2, 0.25) is 0 Å². The molecule has 14 heavy (non-hydrogen) atoms. The van der Waals surface area contributed by atoms with E-state index in [9.17, 15) is 8.78 Å². The topological polar surface area (TPSA) is 12.0 Å². The van der Waals surface area contributed by atoms with Crippen LogP contribution in [-0.2, 0) is 5.92 Å². The van der Waals surface area contributed by atoms with Crippen LogP contribution in [-0.4, -0.2) is 13.6 Å². The lowest BCUT2D eigenvalue weighted by atomic mass is 10.0. The van der Waals surface area contributed by atoms with Gasteiger partial charge in [-0.05, 0) is 19.5 Å². The minimum Gasteiger partial charge on any atom is -0.320 e. The molecular weight excluding hydrogens is 184 g/mol. The number of benzene rings is 1. The van der Waals surface area contributed by atoms with Crippen LogP contribution in [0.4, 0.5) is 8.78 Å². The fraction of sp³-hybridized carbons (Fsp3) is 0.455. The van der Waals surface area contributed by atoms with Gasteiger partial charge in [-0.3, -0.25) is 0 Å². The number of hydrogen-bond donors (Lipinski definition) is 1. The van der Waals surface area contributed by atoms with Crippen molar-refractivity contribution < 1.29 is 8.78 Å². The van der Waals surface area contributed by atoms with Crippen LogP contribution >= 0.6 is 0 Å². The molecule has 0 aliphatic carbocycles. The highest BCUT2D eigenvalue weighted by Crippen LogP contribution is 2.33. The van der Waals surface area contributed by atoms with E-state index in [4.69, 9.17) is 0 Å². The highest BCUT2D eigenvalue weighted by atomic mass is 19.3. The standard InChI is InChI=1S/C11H15F2N/c1-9-5-3-4-6-10(9)11(12,13)7-8-14-2/h3-6,14H,7-8H2,1-2H3. The molecule has 1 aromatic rings. The van der Waals surface area contributed by atoms with E-state index in [1.807, 2.05) is 0 Å². The Bertz CT molecular complexity index is 297. The molecule has 0 saturated heterocycles. The maximum atomic E-state index is 13.6. The molecule has 0 bridgehead atoms. The summed E-state index contributed by atoms with van der Waals surface area (Å²) in [6.45, 7) is 2.03. The van der Waals surface area contributed by atoms with Crippen molar-refractivity contribution in [3.05, 3.63) is 35.4 Å². The molecule has 0 heterocycles. The Kier molecular flexibility index (Phi) is 3.58. The fourth-order valence-corrected chi connectivity index (χ4v) is 1.40. The van der Waals surface area contributed by atoms with Gasteiger partial charge in [0.25, 0.3) is 5.92 Å². The highest BCUT2D eigenvalue weighted by molar-refractivity contribution is 5.29. The molecule has 0 spiro atoms. The highest BCUT2D eigenvalue weighted by Gasteiger charge is 2.31. The van der Waals surface area contributed by atoms with Crippen LogP contribution in [0, 0.1) is 6.92 Å². The van der Waals surface area contributed by atoms with E-state index in [-0.39, 0.29) is 12.0 Å². The molecule has 0 atom stereocenters. The Labute approximate surface area is 83.1 Å². The summed E-state index contributed by atoms with van der Waals surface area (Å²) >= 11 is 0. The zero-order chi connectivity index (χ0) is 10.6. The zero-order valence-electron chi connectivity index (χ0n) is 8.48. The second kappa shape index (κ2) is 4.51. The van der Waals surface area contributed by atoms with Crippen molar-refractivity contribution in [2.24, 2.45) is 0 Å². The first-order valence-corrected chi connectivity index (χ1v) is 4.66. The Hall–Kier alpha value is -0.960. The van der Waals surface area contributed by atoms with Gasteiger partial charge in [-0.2, -0.15) is 0 Å². The predicted octanol–water partition coefficient (Wildman–Crippen LogP) is 2.70. The second-order valence-corrected chi connectivity index (χ2v) is 3.37. The van der Waals surface area contributed by atoms with E-state index in [0.717, 1.165) is 0 Å². The third-order valence-corrected chi connectivity index (χ3v) is 2.23. The molecule has 3 heteroatoms. The van der Waals surface area contributed by atoms with Gasteiger partial charge in [-0.25, -0.2) is 8.78 Å². The summed E-state index contributed by atoms with van der Waals surface area (Å²) in [5.74, 6) is -2.73. The molecule has 1 rings (SSSR count). The smallest absolute Gasteiger partial charge is 0.274 e. The molecule has 1 nitrogen and oxygen atoms in total. The third-order valence-electron chi connectivity index (χ3n) is 2.23. The second-order valence-electron chi connectivity index (χ2n) is 3.37. The lowest BCUT2D eigenvalue weighted by Crippen LogP contribution is -2.21. The predicted molar refractivity (Wildman–Crippen MR) is 53.6 cm³/mol. The Morgan fingerprint density at radius 2 is 1.93 bits per heavy atom. The van der Waals surface area contributed by atoms with E-state index in [0.29, 0.717) is 12.1 Å². The van der Waals surface area contributed by atoms with Gasteiger partial charge < -0.3 is 5.32 Å². The van der Waals surface area contributed by atoms with Gasteiger partial charge >= 0.3 is 0 Å². The van der Waals surface area contributed by atoms with Crippen molar-refractivity contribution in [1.29, 1.82) is 0 Å². The van der Waals surface area contributed by atoms with Crippen molar-refractivity contribution in [3.63, 3.8) is 0 Å². The lowest BCUT2D eigenvalue weighted by Gasteiger charge is -2.18. The van der Waals surface area contributed by atoms with Crippen molar-refractivity contribution in [2.45, 2.75) is 19.3 Å². The van der Waals surface area contributed by atoms with Crippen molar-refractivity contribution in [2.75, 3.05) is 13.6 Å². The summed E-state index contributed by atoms with van der Waals surface area (Å²) < 4.78 is 27.1. The Morgan fingerprint density at radius 1 is 1.29 bits per heavy atom. The quantitative estimate of drug-likeness (QED) is 0.786. The maximum absolute atomic E-state index is 13.6. The molecule has 0 aromatic heterocycles. The first-order chi connectivity index (χ1) is 6.58. The van der Waals surface area contributed by atoms with E-state index >= 15 is 0 Å². The summed E-state index contributed by atoms with van der Waals surface area (Å²) in [5.41, 5.74) is 0.781. The van der Waals surface area contributed by atoms with E-state index in [1.54, 1.807) is 32.2 Å². The van der Waals surface area contributed by atoms with Crippen LogP contribution in [0.5, 0.6) is 0 Å². The van der Waals surface area contributed by atoms with Crippen molar-refractivity contribution in [3.8, 4) is 0 Å². The van der Waals surface area contributed by atoms with Crippen LogP contribution in [0.25, 0.3) is 0 Å². The average Bonchev–Trinajstić information content (AvgIpc) is 2.15. The van der Waals surface area contributed by atoms with Crippen LogP contribution in [0.1, 0.15) is 17.5 Å². The van der Waals surface area contributed by atoms with Crippen LogP contribution in [0.2, 0.25) is 0 Å². The average molecular weight is 199 g/mol. The van der Waals surface area contributed by atoms with Gasteiger partial charge in [-0.15, -0.1) is 0 Å². The molecule has 0 fully saturated rings. The van der Waals surface area contributed by atoms with E-state index < -0.39 is 5.92 Å². The van der Waals surface area contributed by atoms with Gasteiger partial charge in [0.05, 0.1) is 0 Å². The van der Waals surface area contributed by atoms with Gasteiger partial charge in [0, 0.05) is 18.5 Å². The van der Waals surface area contributed by atoms with Crippen molar-refractivity contribution >= 4 is 0 Å². The largest absolute Gasteiger partial charge is 0.320 e. The van der Waals surface area contributed by atoms with E-state index in [1.165, 1.54) is 6.07 Å². The summed E-state index contributed by atoms with van der Waals surface area (Å²) in [6, 6.07) is 6.62. The fourth-order valence-electron chi connectivity index (χ4n) is 1.40. The van der Waals surface area contributed by atoms with Gasteiger partial charge in [-0.1, -0.05) is 24.3 Å². The monoisotopic (exact) mass is 199 g/mol. The van der Waals surface area contributed by atoms with Gasteiger partial charge in [0.1, 0.15) is 0 Å². The first kappa shape index (κ1) is 11.1. The molecule has 0 aliphatic rings. The van der Waals surface area contributed by atoms with Crippen molar-refractivity contribution in [1.82, 2.24) is 5.32 Å². The number of halogens is 2. The first-order valence-electron chi connectivity index (χ1n) is 4.66. The summed E-state index contributed by atoms with van der Waals surface area (Å²) in [7, 11) is 1.67. The molecule has 0 saturated carbocycles. The number of rotatable bonds is 4. The van der Waals surface area contributed by atoms with E-state index in [2.05, 4.69) is 5.32 Å². The van der Waals surface area contributed by atoms with Crippen LogP contribution in [0.3, 0.4) is 0 Å². The Balaban J connectivity index is 2.86. The number of alkyl halides is 2. The summed E-state index contributed by atoms with van der Waals surface area (Å²) in [6.07, 6.45) is -0.158. The minimum absolute atomic E-state index is 0.134. The third kappa shape index (κ3) is 2.51. The Morgan fingerprint density at radius 3 is 2.50 bits per heavy atom. The molecule has 0 radical (unpaired) electrons. The molecule has 0 amide bonds. The number of hydrogen-bond acceptors (Lipinski definition) is 1. The zero-order valence-corrected chi connectivity index (χ0v) is 8.48. The van der Waals surface area contributed by atoms with Crippen LogP contribution < -0.4 is 5.32 Å². The normalized spacial score (nSPS) is 11.7. The number of nitrogens with one attached hydrogen (secondary N) is 1. The summed E-state index contributed by atoms with van der Waals surface area (Å²) in [5, 5.41) is 2.73. The minimum atomic E-state index is -2.73. The molecule has 0 unspecified atom stereocenters.